The molecule has 0 aromatic rings. The number of rotatable bonds is 3. The number of allylic oxidation sites excluding steroid dienone is 8. The van der Waals surface area contributed by atoms with Gasteiger partial charge in [0.25, 0.3) is 0 Å². The lowest BCUT2D eigenvalue weighted by Crippen LogP contribution is -2.13. The van der Waals surface area contributed by atoms with Gasteiger partial charge in [0.2, 0.25) is 0 Å². The van der Waals surface area contributed by atoms with Crippen molar-refractivity contribution in [2.24, 2.45) is 0 Å². The highest BCUT2D eigenvalue weighted by Crippen LogP contribution is 2.36. The minimum absolute atomic E-state index is 0.111. The third-order valence-electron chi connectivity index (χ3n) is 3.53. The zero-order valence-corrected chi connectivity index (χ0v) is 15.3. The molecule has 0 aromatic carbocycles. The van der Waals surface area contributed by atoms with Crippen molar-refractivity contribution in [1.82, 2.24) is 0 Å². The van der Waals surface area contributed by atoms with E-state index in [2.05, 4.69) is 21.7 Å². The summed E-state index contributed by atoms with van der Waals surface area (Å²) in [6.45, 7) is 0. The summed E-state index contributed by atoms with van der Waals surface area (Å²) in [4.78, 5) is 12.2. The van der Waals surface area contributed by atoms with Crippen LogP contribution in [0.1, 0.15) is 6.42 Å². The first-order chi connectivity index (χ1) is 12.9. The van der Waals surface area contributed by atoms with E-state index in [-0.39, 0.29) is 22.7 Å². The maximum Gasteiger partial charge on any atom is 0.416 e. The van der Waals surface area contributed by atoms with Crippen LogP contribution in [0, 0.1) is 0 Å². The zero-order valence-electron chi connectivity index (χ0n) is 13.7. The van der Waals surface area contributed by atoms with Crippen molar-refractivity contribution in [2.75, 3.05) is 5.33 Å². The van der Waals surface area contributed by atoms with E-state index in [0.717, 1.165) is 18.2 Å². The molecule has 0 atom stereocenters. The molecule has 0 unspecified atom stereocenters. The highest BCUT2D eigenvalue weighted by atomic mass is 79.9. The van der Waals surface area contributed by atoms with Crippen molar-refractivity contribution >= 4 is 21.9 Å². The smallest absolute Gasteiger partial charge is 0.414 e. The minimum Gasteiger partial charge on any atom is -0.414 e. The number of halogens is 8. The number of alkyl halides is 7. The molecule has 2 rings (SSSR count). The summed E-state index contributed by atoms with van der Waals surface area (Å²) in [7, 11) is 0. The fraction of sp³-hybridized carbons (Fsp3) is 0.222. The molecule has 0 radical (unpaired) electrons. The van der Waals surface area contributed by atoms with Crippen LogP contribution in [-0.2, 0) is 9.53 Å². The van der Waals surface area contributed by atoms with Crippen LogP contribution in [0.15, 0.2) is 76.1 Å². The van der Waals surface area contributed by atoms with E-state index >= 15 is 0 Å². The summed E-state index contributed by atoms with van der Waals surface area (Å²) >= 11 is 3.02. The van der Waals surface area contributed by atoms with Gasteiger partial charge in [-0.15, -0.1) is 0 Å². The highest BCUT2D eigenvalue weighted by Gasteiger charge is 2.38. The Bertz CT molecular complexity index is 890. The summed E-state index contributed by atoms with van der Waals surface area (Å²) in [5.41, 5.74) is -1.14. The lowest BCUT2D eigenvalue weighted by molar-refractivity contribution is -0.134. The Morgan fingerprint density at radius 2 is 1.79 bits per heavy atom. The fourth-order valence-electron chi connectivity index (χ4n) is 2.10. The number of hydrogen-bond donors (Lipinski definition) is 0. The molecule has 28 heavy (non-hydrogen) atoms. The van der Waals surface area contributed by atoms with Crippen molar-refractivity contribution in [2.45, 2.75) is 18.8 Å². The second-order valence-corrected chi connectivity index (χ2v) is 6.07. The quantitative estimate of drug-likeness (QED) is 0.217. The van der Waals surface area contributed by atoms with Crippen molar-refractivity contribution in [3.8, 4) is 0 Å². The Hall–Kier alpha value is -2.32. The predicted molar refractivity (Wildman–Crippen MR) is 89.7 cm³/mol. The summed E-state index contributed by atoms with van der Waals surface area (Å²) < 4.78 is 96.3. The number of carbonyl (C=O) groups excluding carboxylic acids is 1. The topological polar surface area (TPSA) is 26.3 Å². The summed E-state index contributed by atoms with van der Waals surface area (Å²) in [5, 5.41) is 0.111. The Morgan fingerprint density at radius 3 is 2.36 bits per heavy atom. The van der Waals surface area contributed by atoms with Crippen LogP contribution in [-0.4, -0.2) is 23.7 Å². The molecule has 0 spiro atoms. The molecule has 0 saturated heterocycles. The van der Waals surface area contributed by atoms with Crippen LogP contribution in [0.5, 0.6) is 0 Å². The molecule has 150 valence electrons. The van der Waals surface area contributed by atoms with Gasteiger partial charge in [-0.3, -0.25) is 0 Å². The molecule has 0 N–H and O–H groups in total. The van der Waals surface area contributed by atoms with Crippen molar-refractivity contribution in [3.05, 3.63) is 76.1 Å². The van der Waals surface area contributed by atoms with E-state index in [1.165, 1.54) is 0 Å². The fourth-order valence-corrected chi connectivity index (χ4v) is 2.53. The summed E-state index contributed by atoms with van der Waals surface area (Å²) in [6, 6.07) is 0. The van der Waals surface area contributed by atoms with Crippen LogP contribution in [0.3, 0.4) is 0 Å². The number of esters is 1. The first-order valence-corrected chi connectivity index (χ1v) is 8.62. The average Bonchev–Trinajstić information content (AvgIpc) is 2.91. The van der Waals surface area contributed by atoms with Gasteiger partial charge in [0.05, 0.1) is 11.1 Å². The molecule has 0 saturated carbocycles. The largest absolute Gasteiger partial charge is 0.416 e. The Morgan fingerprint density at radius 1 is 1.11 bits per heavy atom. The van der Waals surface area contributed by atoms with Crippen LogP contribution in [0.25, 0.3) is 0 Å². The SMILES string of the molecule is O=C(OC1=C=CC(CBr)=C(F)C=C1)C1=CC(C(F)(F)F)=CCC(C(F)(F)F)=C1. The lowest BCUT2D eigenvalue weighted by atomic mass is 10.1. The predicted octanol–water partition coefficient (Wildman–Crippen LogP) is 6.06. The van der Waals surface area contributed by atoms with Gasteiger partial charge >= 0.3 is 18.3 Å². The molecular formula is C18H10BrF7O2. The molecule has 0 bridgehead atoms. The van der Waals surface area contributed by atoms with Gasteiger partial charge < -0.3 is 4.74 Å². The Balaban J connectivity index is 2.38. The summed E-state index contributed by atoms with van der Waals surface area (Å²) in [6.07, 6.45) is -7.01. The van der Waals surface area contributed by atoms with E-state index < -0.39 is 47.3 Å². The van der Waals surface area contributed by atoms with Gasteiger partial charge in [0, 0.05) is 16.5 Å². The molecule has 2 aliphatic carbocycles. The van der Waals surface area contributed by atoms with Crippen molar-refractivity contribution in [3.63, 3.8) is 0 Å². The van der Waals surface area contributed by atoms with Gasteiger partial charge in [0.1, 0.15) is 5.83 Å². The molecule has 0 aromatic heterocycles. The van der Waals surface area contributed by atoms with Gasteiger partial charge in [-0.1, -0.05) is 27.7 Å². The first-order valence-electron chi connectivity index (χ1n) is 7.50. The molecule has 0 aliphatic heterocycles. The molecule has 0 heterocycles. The average molecular weight is 471 g/mol. The third-order valence-corrected chi connectivity index (χ3v) is 4.14. The van der Waals surface area contributed by atoms with E-state index in [1.54, 1.807) is 0 Å². The van der Waals surface area contributed by atoms with E-state index in [1.807, 2.05) is 0 Å². The second kappa shape index (κ2) is 8.36. The lowest BCUT2D eigenvalue weighted by Gasteiger charge is -2.09. The highest BCUT2D eigenvalue weighted by molar-refractivity contribution is 9.09. The van der Waals surface area contributed by atoms with E-state index in [9.17, 15) is 35.5 Å². The Kier molecular flexibility index (Phi) is 6.56. The van der Waals surface area contributed by atoms with E-state index in [0.29, 0.717) is 12.2 Å². The third kappa shape index (κ3) is 5.59. The van der Waals surface area contributed by atoms with Gasteiger partial charge in [-0.05, 0) is 36.8 Å². The van der Waals surface area contributed by atoms with Crippen LogP contribution >= 0.6 is 15.9 Å². The first kappa shape index (κ1) is 22.0. The molecule has 10 heteroatoms. The van der Waals surface area contributed by atoms with E-state index in [4.69, 9.17) is 4.74 Å². The number of carbonyl (C=O) groups is 1. The molecule has 2 nitrogen and oxygen atoms in total. The zero-order chi connectivity index (χ0) is 21.1. The van der Waals surface area contributed by atoms with Gasteiger partial charge in [-0.2, -0.15) is 26.3 Å². The monoisotopic (exact) mass is 470 g/mol. The normalized spacial score (nSPS) is 18.0. The number of ether oxygens (including phenoxy) is 1. The van der Waals surface area contributed by atoms with Gasteiger partial charge in [-0.25, -0.2) is 9.18 Å². The van der Waals surface area contributed by atoms with Crippen molar-refractivity contribution < 1.29 is 40.3 Å². The maximum atomic E-state index is 13.7. The van der Waals surface area contributed by atoms with Crippen LogP contribution < -0.4 is 0 Å². The summed E-state index contributed by atoms with van der Waals surface area (Å²) in [5.74, 6) is -2.52. The molecule has 2 aliphatic rings. The maximum absolute atomic E-state index is 13.7. The number of hydrogen-bond acceptors (Lipinski definition) is 2. The molecule has 0 fully saturated rings. The van der Waals surface area contributed by atoms with Crippen LogP contribution in [0.2, 0.25) is 0 Å². The second-order valence-electron chi connectivity index (χ2n) is 5.51. The standard InChI is InChI=1S/C18H10BrF7O2/c19-9-10-1-4-14(5-6-15(10)20)28-16(27)11-7-12(17(21,22)23)2-3-13(8-11)18(24,25)26/h1-2,5-8H,3,9H2. The molecular weight excluding hydrogens is 461 g/mol. The Labute approximate surface area is 162 Å². The van der Waals surface area contributed by atoms with Gasteiger partial charge in [0.15, 0.2) is 5.76 Å². The van der Waals surface area contributed by atoms with Crippen molar-refractivity contribution in [1.29, 1.82) is 0 Å². The minimum atomic E-state index is -4.96. The molecule has 0 amide bonds. The van der Waals surface area contributed by atoms with Crippen LogP contribution in [0.4, 0.5) is 30.7 Å².